The molecule has 0 aliphatic rings. The maximum atomic E-state index is 12.9. The van der Waals surface area contributed by atoms with Gasteiger partial charge < -0.3 is 9.26 Å². The van der Waals surface area contributed by atoms with E-state index in [1.54, 1.807) is 19.9 Å². The molecule has 3 rings (SSSR count). The number of aromatic nitrogens is 3. The minimum atomic E-state index is -0.628. The standard InChI is InChI=1S/C17H13ClFN3O3/c1-9-7-10(2)20-15(18)14(9)17(23)24-8-13-21-16(22-25-13)11-3-5-12(19)6-4-11/h3-7H,8H2,1-2H3. The number of rotatable bonds is 4. The lowest BCUT2D eigenvalue weighted by atomic mass is 10.1. The van der Waals surface area contributed by atoms with E-state index in [1.807, 2.05) is 0 Å². The maximum absolute atomic E-state index is 12.9. The first-order valence-corrected chi connectivity index (χ1v) is 7.71. The zero-order valence-electron chi connectivity index (χ0n) is 13.4. The van der Waals surface area contributed by atoms with E-state index in [4.69, 9.17) is 20.9 Å². The van der Waals surface area contributed by atoms with Crippen LogP contribution >= 0.6 is 11.6 Å². The summed E-state index contributed by atoms with van der Waals surface area (Å²) in [6, 6.07) is 7.37. The van der Waals surface area contributed by atoms with Crippen LogP contribution in [0.4, 0.5) is 4.39 Å². The van der Waals surface area contributed by atoms with Crippen LogP contribution in [0.5, 0.6) is 0 Å². The van der Waals surface area contributed by atoms with Gasteiger partial charge >= 0.3 is 5.97 Å². The zero-order valence-corrected chi connectivity index (χ0v) is 14.2. The van der Waals surface area contributed by atoms with E-state index >= 15 is 0 Å². The number of benzene rings is 1. The fourth-order valence-corrected chi connectivity index (χ4v) is 2.63. The second-order valence-electron chi connectivity index (χ2n) is 5.34. The number of ether oxygens (including phenoxy) is 1. The summed E-state index contributed by atoms with van der Waals surface area (Å²) >= 11 is 6.01. The molecule has 0 saturated heterocycles. The summed E-state index contributed by atoms with van der Waals surface area (Å²) in [6.45, 7) is 3.32. The van der Waals surface area contributed by atoms with E-state index in [2.05, 4.69) is 15.1 Å². The highest BCUT2D eigenvalue weighted by molar-refractivity contribution is 6.32. The van der Waals surface area contributed by atoms with Crippen LogP contribution in [0.1, 0.15) is 27.5 Å². The van der Waals surface area contributed by atoms with Crippen LogP contribution < -0.4 is 0 Å². The topological polar surface area (TPSA) is 78.1 Å². The quantitative estimate of drug-likeness (QED) is 0.518. The second-order valence-corrected chi connectivity index (χ2v) is 5.70. The van der Waals surface area contributed by atoms with E-state index < -0.39 is 5.97 Å². The molecule has 0 aliphatic carbocycles. The van der Waals surface area contributed by atoms with E-state index in [9.17, 15) is 9.18 Å². The van der Waals surface area contributed by atoms with Gasteiger partial charge in [0.15, 0.2) is 6.61 Å². The van der Waals surface area contributed by atoms with Crippen LogP contribution in [-0.4, -0.2) is 21.1 Å². The van der Waals surface area contributed by atoms with Gasteiger partial charge in [-0.05, 0) is 49.7 Å². The number of hydrogen-bond acceptors (Lipinski definition) is 6. The summed E-state index contributed by atoms with van der Waals surface area (Å²) in [5, 5.41) is 3.86. The fourth-order valence-electron chi connectivity index (χ4n) is 2.27. The Labute approximate surface area is 147 Å². The first kappa shape index (κ1) is 17.0. The molecule has 6 nitrogen and oxygen atoms in total. The number of pyridine rings is 1. The fraction of sp³-hybridized carbons (Fsp3) is 0.176. The molecular weight excluding hydrogens is 349 g/mol. The molecule has 0 amide bonds. The molecule has 0 radical (unpaired) electrons. The number of hydrogen-bond donors (Lipinski definition) is 0. The highest BCUT2D eigenvalue weighted by atomic mass is 35.5. The Morgan fingerprint density at radius 3 is 2.64 bits per heavy atom. The van der Waals surface area contributed by atoms with E-state index in [0.717, 1.165) is 0 Å². The van der Waals surface area contributed by atoms with Gasteiger partial charge in [0.1, 0.15) is 11.0 Å². The van der Waals surface area contributed by atoms with Crippen molar-refractivity contribution in [2.45, 2.75) is 20.5 Å². The highest BCUT2D eigenvalue weighted by Crippen LogP contribution is 2.21. The minimum absolute atomic E-state index is 0.0834. The van der Waals surface area contributed by atoms with Gasteiger partial charge in [-0.2, -0.15) is 4.98 Å². The van der Waals surface area contributed by atoms with Crippen molar-refractivity contribution in [3.63, 3.8) is 0 Å². The van der Waals surface area contributed by atoms with Gasteiger partial charge in [0.2, 0.25) is 5.82 Å². The van der Waals surface area contributed by atoms with Gasteiger partial charge in [0.25, 0.3) is 5.89 Å². The largest absolute Gasteiger partial charge is 0.452 e. The minimum Gasteiger partial charge on any atom is -0.452 e. The Balaban J connectivity index is 1.70. The monoisotopic (exact) mass is 361 g/mol. The van der Waals surface area contributed by atoms with Crippen molar-refractivity contribution in [3.05, 3.63) is 64.0 Å². The Morgan fingerprint density at radius 1 is 1.24 bits per heavy atom. The Kier molecular flexibility index (Phi) is 4.76. The molecule has 2 aromatic heterocycles. The molecule has 0 atom stereocenters. The number of nitrogens with zero attached hydrogens (tertiary/aromatic N) is 3. The third kappa shape index (κ3) is 3.83. The third-order valence-electron chi connectivity index (χ3n) is 3.40. The van der Waals surface area contributed by atoms with E-state index in [-0.39, 0.29) is 34.9 Å². The molecule has 25 heavy (non-hydrogen) atoms. The molecule has 0 unspecified atom stereocenters. The van der Waals surface area contributed by atoms with Crippen LogP contribution in [-0.2, 0) is 11.3 Å². The molecule has 0 saturated carbocycles. The van der Waals surface area contributed by atoms with Crippen LogP contribution in [0, 0.1) is 19.7 Å². The summed E-state index contributed by atoms with van der Waals surface area (Å²) < 4.78 is 23.1. The third-order valence-corrected chi connectivity index (χ3v) is 3.68. The number of halogens is 2. The lowest BCUT2D eigenvalue weighted by Crippen LogP contribution is -2.09. The van der Waals surface area contributed by atoms with Crippen LogP contribution in [0.2, 0.25) is 5.15 Å². The van der Waals surface area contributed by atoms with E-state index in [1.165, 1.54) is 24.3 Å². The van der Waals surface area contributed by atoms with Crippen molar-refractivity contribution in [2.24, 2.45) is 0 Å². The van der Waals surface area contributed by atoms with Gasteiger partial charge in [-0.1, -0.05) is 16.8 Å². The number of esters is 1. The maximum Gasteiger partial charge on any atom is 0.342 e. The van der Waals surface area contributed by atoms with Crippen molar-refractivity contribution in [1.29, 1.82) is 0 Å². The van der Waals surface area contributed by atoms with Crippen LogP contribution in [0.3, 0.4) is 0 Å². The highest BCUT2D eigenvalue weighted by Gasteiger charge is 2.18. The van der Waals surface area contributed by atoms with Gasteiger partial charge in [0, 0.05) is 11.3 Å². The van der Waals surface area contributed by atoms with Crippen molar-refractivity contribution in [2.75, 3.05) is 0 Å². The van der Waals surface area contributed by atoms with Crippen molar-refractivity contribution >= 4 is 17.6 Å². The summed E-state index contributed by atoms with van der Waals surface area (Å²) in [6.07, 6.45) is 0. The lowest BCUT2D eigenvalue weighted by Gasteiger charge is -2.07. The van der Waals surface area contributed by atoms with Gasteiger partial charge in [-0.3, -0.25) is 0 Å². The number of carbonyl (C=O) groups is 1. The SMILES string of the molecule is Cc1cc(C)c(C(=O)OCc2nc(-c3ccc(F)cc3)no2)c(Cl)n1. The summed E-state index contributed by atoms with van der Waals surface area (Å²) in [7, 11) is 0. The zero-order chi connectivity index (χ0) is 18.0. The molecule has 1 aromatic carbocycles. The Morgan fingerprint density at radius 2 is 1.96 bits per heavy atom. The molecule has 0 spiro atoms. The summed E-state index contributed by atoms with van der Waals surface area (Å²) in [5.41, 5.74) is 2.16. The molecule has 2 heterocycles. The van der Waals surface area contributed by atoms with Crippen molar-refractivity contribution < 1.29 is 18.4 Å². The Bertz CT molecular complexity index is 902. The normalized spacial score (nSPS) is 10.7. The predicted molar refractivity (Wildman–Crippen MR) is 87.5 cm³/mol. The van der Waals surface area contributed by atoms with Crippen LogP contribution in [0.15, 0.2) is 34.9 Å². The molecule has 0 aliphatic heterocycles. The molecule has 0 bridgehead atoms. The van der Waals surface area contributed by atoms with Crippen molar-refractivity contribution in [1.82, 2.24) is 15.1 Å². The van der Waals surface area contributed by atoms with Gasteiger partial charge in [0.05, 0.1) is 5.56 Å². The van der Waals surface area contributed by atoms with Gasteiger partial charge in [-0.25, -0.2) is 14.2 Å². The molecular formula is C17H13ClFN3O3. The molecule has 0 fully saturated rings. The lowest BCUT2D eigenvalue weighted by molar-refractivity contribution is 0.0428. The average molecular weight is 362 g/mol. The van der Waals surface area contributed by atoms with E-state index in [0.29, 0.717) is 16.8 Å². The second kappa shape index (κ2) is 6.98. The van der Waals surface area contributed by atoms with Gasteiger partial charge in [-0.15, -0.1) is 0 Å². The first-order chi connectivity index (χ1) is 11.9. The molecule has 0 N–H and O–H groups in total. The molecule has 3 aromatic rings. The predicted octanol–water partition coefficient (Wildman–Crippen LogP) is 3.90. The summed E-state index contributed by atoms with van der Waals surface area (Å²) in [4.78, 5) is 20.4. The number of aryl methyl sites for hydroxylation is 2. The average Bonchev–Trinajstić information content (AvgIpc) is 3.01. The molecule has 128 valence electrons. The van der Waals surface area contributed by atoms with Crippen LogP contribution in [0.25, 0.3) is 11.4 Å². The van der Waals surface area contributed by atoms with Crippen molar-refractivity contribution in [3.8, 4) is 11.4 Å². The molecule has 8 heteroatoms. The first-order valence-electron chi connectivity index (χ1n) is 7.33. The number of carbonyl (C=O) groups excluding carboxylic acids is 1. The Hall–Kier alpha value is -2.80. The summed E-state index contributed by atoms with van der Waals surface area (Å²) in [5.74, 6) is -0.601. The smallest absolute Gasteiger partial charge is 0.342 e.